The largest absolute Gasteiger partial charge is 0.465 e. The van der Waals surface area contributed by atoms with Gasteiger partial charge in [0.1, 0.15) is 4.88 Å². The third kappa shape index (κ3) is 3.10. The predicted molar refractivity (Wildman–Crippen MR) is 102 cm³/mol. The predicted octanol–water partition coefficient (Wildman–Crippen LogP) is 4.80. The molecule has 0 bridgehead atoms. The fourth-order valence-corrected chi connectivity index (χ4v) is 4.02. The fourth-order valence-electron chi connectivity index (χ4n) is 3.07. The summed E-state index contributed by atoms with van der Waals surface area (Å²) in [5, 5.41) is 3.54. The Hall–Kier alpha value is -2.79. The third-order valence-electron chi connectivity index (χ3n) is 4.29. The summed E-state index contributed by atoms with van der Waals surface area (Å²) in [5.41, 5.74) is 4.64. The molecule has 0 fully saturated rings. The summed E-state index contributed by atoms with van der Waals surface area (Å²) in [4.78, 5) is 15.8. The smallest absolute Gasteiger partial charge is 0.348 e. The van der Waals surface area contributed by atoms with Gasteiger partial charge in [0.2, 0.25) is 0 Å². The second-order valence-electron chi connectivity index (χ2n) is 5.91. The van der Waals surface area contributed by atoms with Crippen molar-refractivity contribution in [3.05, 3.63) is 76.0 Å². The first-order valence-electron chi connectivity index (χ1n) is 8.10. The number of thiophene rings is 1. The SMILES string of the molecule is COC(=O)c1ccc(CN2Cc3ccccc3Nc3ccccc32)s1. The van der Waals surface area contributed by atoms with Crippen molar-refractivity contribution in [3.63, 3.8) is 0 Å². The maximum atomic E-state index is 11.7. The van der Waals surface area contributed by atoms with E-state index < -0.39 is 0 Å². The maximum Gasteiger partial charge on any atom is 0.348 e. The zero-order chi connectivity index (χ0) is 17.2. The standard InChI is InChI=1S/C20H18N2O2S/c1-24-20(23)19-11-10-15(25-19)13-22-12-14-6-2-3-7-16(14)21-17-8-4-5-9-18(17)22/h2-11,21H,12-13H2,1H3. The van der Waals surface area contributed by atoms with Crippen LogP contribution < -0.4 is 10.2 Å². The molecule has 5 heteroatoms. The highest BCUT2D eigenvalue weighted by Gasteiger charge is 2.19. The molecule has 0 atom stereocenters. The van der Waals surface area contributed by atoms with Gasteiger partial charge in [0.05, 0.1) is 25.0 Å². The normalized spacial score (nSPS) is 12.6. The summed E-state index contributed by atoms with van der Waals surface area (Å²) in [7, 11) is 1.41. The fraction of sp³-hybridized carbons (Fsp3) is 0.150. The van der Waals surface area contributed by atoms with E-state index >= 15 is 0 Å². The van der Waals surface area contributed by atoms with E-state index in [1.54, 1.807) is 0 Å². The first-order chi connectivity index (χ1) is 12.2. The van der Waals surface area contributed by atoms with E-state index in [-0.39, 0.29) is 5.97 Å². The number of hydrogen-bond acceptors (Lipinski definition) is 5. The number of esters is 1. The molecule has 1 N–H and O–H groups in total. The van der Waals surface area contributed by atoms with E-state index in [9.17, 15) is 4.79 Å². The van der Waals surface area contributed by atoms with Gasteiger partial charge >= 0.3 is 5.97 Å². The molecule has 0 spiro atoms. The van der Waals surface area contributed by atoms with Crippen LogP contribution in [0, 0.1) is 0 Å². The molecule has 2 aromatic carbocycles. The number of carbonyl (C=O) groups is 1. The number of hydrogen-bond donors (Lipinski definition) is 1. The van der Waals surface area contributed by atoms with Crippen LogP contribution in [0.15, 0.2) is 60.7 Å². The number of para-hydroxylation sites is 3. The number of carbonyl (C=O) groups excluding carboxylic acids is 1. The van der Waals surface area contributed by atoms with Gasteiger partial charge in [0, 0.05) is 17.1 Å². The van der Waals surface area contributed by atoms with Crippen molar-refractivity contribution in [1.29, 1.82) is 0 Å². The van der Waals surface area contributed by atoms with Gasteiger partial charge < -0.3 is 15.0 Å². The molecule has 0 saturated carbocycles. The number of benzene rings is 2. The number of nitrogens with one attached hydrogen (secondary N) is 1. The molecule has 1 aliphatic rings. The molecule has 2 heterocycles. The Bertz CT molecular complexity index is 919. The van der Waals surface area contributed by atoms with Gasteiger partial charge in [-0.15, -0.1) is 11.3 Å². The second-order valence-corrected chi connectivity index (χ2v) is 7.08. The average molecular weight is 350 g/mol. The first kappa shape index (κ1) is 15.7. The first-order valence-corrected chi connectivity index (χ1v) is 8.92. The number of methoxy groups -OCH3 is 1. The molecule has 1 aliphatic heterocycles. The Balaban J connectivity index is 1.68. The molecule has 4 nitrogen and oxygen atoms in total. The Kier molecular flexibility index (Phi) is 4.15. The molecular formula is C20H18N2O2S. The van der Waals surface area contributed by atoms with Crippen LogP contribution in [0.1, 0.15) is 20.1 Å². The highest BCUT2D eigenvalue weighted by atomic mass is 32.1. The number of anilines is 3. The van der Waals surface area contributed by atoms with Crippen molar-refractivity contribution in [2.45, 2.75) is 13.1 Å². The number of fused-ring (bicyclic) bond motifs is 2. The summed E-state index contributed by atoms with van der Waals surface area (Å²) in [6.45, 7) is 1.56. The van der Waals surface area contributed by atoms with Crippen LogP contribution in [0.25, 0.3) is 0 Å². The van der Waals surface area contributed by atoms with E-state index in [0.29, 0.717) is 4.88 Å². The highest BCUT2D eigenvalue weighted by Crippen LogP contribution is 2.36. The zero-order valence-electron chi connectivity index (χ0n) is 13.9. The summed E-state index contributed by atoms with van der Waals surface area (Å²) >= 11 is 1.49. The molecule has 126 valence electrons. The van der Waals surface area contributed by atoms with Crippen molar-refractivity contribution < 1.29 is 9.53 Å². The minimum atomic E-state index is -0.278. The van der Waals surface area contributed by atoms with Crippen molar-refractivity contribution in [3.8, 4) is 0 Å². The minimum Gasteiger partial charge on any atom is -0.465 e. The number of nitrogens with zero attached hydrogens (tertiary/aromatic N) is 1. The Labute approximate surface area is 150 Å². The number of ether oxygens (including phenoxy) is 1. The molecule has 0 aliphatic carbocycles. The summed E-state index contributed by atoms with van der Waals surface area (Å²) in [6.07, 6.45) is 0. The van der Waals surface area contributed by atoms with Crippen LogP contribution in [0.5, 0.6) is 0 Å². The summed E-state index contributed by atoms with van der Waals surface area (Å²) in [6, 6.07) is 20.5. The molecule has 0 saturated heterocycles. The van der Waals surface area contributed by atoms with E-state index in [1.807, 2.05) is 24.3 Å². The number of rotatable bonds is 3. The molecule has 3 aromatic rings. The summed E-state index contributed by atoms with van der Waals surface area (Å²) < 4.78 is 4.81. The molecule has 0 radical (unpaired) electrons. The lowest BCUT2D eigenvalue weighted by molar-refractivity contribution is 0.0606. The molecule has 1 aromatic heterocycles. The Morgan fingerprint density at radius 1 is 1.08 bits per heavy atom. The maximum absolute atomic E-state index is 11.7. The molecular weight excluding hydrogens is 332 g/mol. The Morgan fingerprint density at radius 2 is 1.84 bits per heavy atom. The molecule has 4 rings (SSSR count). The minimum absolute atomic E-state index is 0.278. The van der Waals surface area contributed by atoms with Gasteiger partial charge in [-0.25, -0.2) is 4.79 Å². The molecule has 0 amide bonds. The van der Waals surface area contributed by atoms with E-state index in [1.165, 1.54) is 24.0 Å². The van der Waals surface area contributed by atoms with E-state index in [0.717, 1.165) is 35.0 Å². The van der Waals surface area contributed by atoms with Crippen molar-refractivity contribution in [2.24, 2.45) is 0 Å². The Morgan fingerprint density at radius 3 is 2.68 bits per heavy atom. The van der Waals surface area contributed by atoms with Crippen LogP contribution in [0.3, 0.4) is 0 Å². The topological polar surface area (TPSA) is 41.6 Å². The van der Waals surface area contributed by atoms with Gasteiger partial charge in [0.25, 0.3) is 0 Å². The molecule has 0 unspecified atom stereocenters. The average Bonchev–Trinajstić information content (AvgIpc) is 3.04. The second kappa shape index (κ2) is 6.61. The molecule has 25 heavy (non-hydrogen) atoms. The van der Waals surface area contributed by atoms with Crippen LogP contribution in [0.2, 0.25) is 0 Å². The van der Waals surface area contributed by atoms with Crippen LogP contribution in [-0.4, -0.2) is 13.1 Å². The zero-order valence-corrected chi connectivity index (χ0v) is 14.7. The van der Waals surface area contributed by atoms with Crippen LogP contribution in [-0.2, 0) is 17.8 Å². The van der Waals surface area contributed by atoms with Gasteiger partial charge in [-0.05, 0) is 35.9 Å². The van der Waals surface area contributed by atoms with Gasteiger partial charge in [-0.3, -0.25) is 0 Å². The van der Waals surface area contributed by atoms with Crippen LogP contribution in [0.4, 0.5) is 17.1 Å². The lowest BCUT2D eigenvalue weighted by atomic mass is 10.1. The van der Waals surface area contributed by atoms with Gasteiger partial charge in [-0.2, -0.15) is 0 Å². The highest BCUT2D eigenvalue weighted by molar-refractivity contribution is 7.13. The quantitative estimate of drug-likeness (QED) is 0.689. The van der Waals surface area contributed by atoms with Gasteiger partial charge in [-0.1, -0.05) is 30.3 Å². The van der Waals surface area contributed by atoms with Crippen molar-refractivity contribution in [1.82, 2.24) is 0 Å². The lowest BCUT2D eigenvalue weighted by Gasteiger charge is -2.24. The summed E-state index contributed by atoms with van der Waals surface area (Å²) in [5.74, 6) is -0.278. The van der Waals surface area contributed by atoms with Crippen LogP contribution >= 0.6 is 11.3 Å². The lowest BCUT2D eigenvalue weighted by Crippen LogP contribution is -2.20. The van der Waals surface area contributed by atoms with E-state index in [2.05, 4.69) is 46.6 Å². The van der Waals surface area contributed by atoms with Crippen molar-refractivity contribution in [2.75, 3.05) is 17.3 Å². The van der Waals surface area contributed by atoms with Gasteiger partial charge in [0.15, 0.2) is 0 Å². The van der Waals surface area contributed by atoms with Crippen molar-refractivity contribution >= 4 is 34.4 Å². The third-order valence-corrected chi connectivity index (χ3v) is 5.34. The van der Waals surface area contributed by atoms with E-state index in [4.69, 9.17) is 4.74 Å². The monoisotopic (exact) mass is 350 g/mol.